The number of rotatable bonds is 5. The van der Waals surface area contributed by atoms with Gasteiger partial charge in [-0.05, 0) is 36.4 Å². The highest BCUT2D eigenvalue weighted by atomic mass is 19.3. The van der Waals surface area contributed by atoms with Crippen molar-refractivity contribution >= 4 is 17.2 Å². The third kappa shape index (κ3) is 4.04. The Kier molecular flexibility index (Phi) is 5.28. The molecule has 0 bridgehead atoms. The van der Waals surface area contributed by atoms with Crippen molar-refractivity contribution in [2.45, 2.75) is 6.61 Å². The van der Waals surface area contributed by atoms with Gasteiger partial charge in [-0.25, -0.2) is 18.7 Å². The number of hydrogen-bond donors (Lipinski definition) is 0. The molecular formula is C21H14F4N4O2. The van der Waals surface area contributed by atoms with E-state index in [9.17, 15) is 22.4 Å². The molecule has 31 heavy (non-hydrogen) atoms. The standard InChI is InChI=1S/C21H14F4N4O2/c1-28(13-4-7-15(22)16(23)8-13)20(30)17-11-29-18(9-27-19(29)10-26-17)12-2-5-14(6-3-12)31-21(24)25/h2-11,21H,1H3. The summed E-state index contributed by atoms with van der Waals surface area (Å²) in [6, 6.07) is 9.07. The Morgan fingerprint density at radius 2 is 1.77 bits per heavy atom. The lowest BCUT2D eigenvalue weighted by atomic mass is 10.1. The highest BCUT2D eigenvalue weighted by molar-refractivity contribution is 6.04. The fourth-order valence-corrected chi connectivity index (χ4v) is 3.00. The quantitative estimate of drug-likeness (QED) is 0.436. The molecule has 2 aromatic heterocycles. The number of nitrogens with zero attached hydrogens (tertiary/aromatic N) is 4. The molecule has 0 N–H and O–H groups in total. The first-order valence-corrected chi connectivity index (χ1v) is 8.95. The Hall–Kier alpha value is -3.95. The predicted molar refractivity (Wildman–Crippen MR) is 104 cm³/mol. The first kappa shape index (κ1) is 20.3. The molecule has 0 aliphatic rings. The molecule has 1 amide bonds. The Morgan fingerprint density at radius 1 is 1.03 bits per heavy atom. The van der Waals surface area contributed by atoms with Gasteiger partial charge in [-0.15, -0.1) is 0 Å². The SMILES string of the molecule is CN(C(=O)c1cn2c(-c3ccc(OC(F)F)cc3)cnc2cn1)c1ccc(F)c(F)c1. The van der Waals surface area contributed by atoms with E-state index in [-0.39, 0.29) is 17.1 Å². The number of carbonyl (C=O) groups excluding carboxylic acids is 1. The second-order valence-electron chi connectivity index (χ2n) is 6.51. The highest BCUT2D eigenvalue weighted by Crippen LogP contribution is 2.25. The number of imidazole rings is 1. The van der Waals surface area contributed by atoms with Gasteiger partial charge in [-0.3, -0.25) is 9.20 Å². The first-order chi connectivity index (χ1) is 14.8. The topological polar surface area (TPSA) is 59.7 Å². The molecule has 0 atom stereocenters. The van der Waals surface area contributed by atoms with Crippen molar-refractivity contribution in [3.63, 3.8) is 0 Å². The van der Waals surface area contributed by atoms with Gasteiger partial charge in [0.1, 0.15) is 11.4 Å². The lowest BCUT2D eigenvalue weighted by Gasteiger charge is -2.17. The summed E-state index contributed by atoms with van der Waals surface area (Å²) in [5.74, 6) is -2.62. The molecule has 0 unspecified atom stereocenters. The smallest absolute Gasteiger partial charge is 0.387 e. The molecule has 10 heteroatoms. The van der Waals surface area contributed by atoms with Crippen LogP contribution in [0.15, 0.2) is 61.1 Å². The van der Waals surface area contributed by atoms with Gasteiger partial charge in [-0.1, -0.05) is 0 Å². The van der Waals surface area contributed by atoms with Crippen molar-refractivity contribution in [3.05, 3.63) is 78.4 Å². The zero-order valence-electron chi connectivity index (χ0n) is 16.0. The molecule has 2 heterocycles. The van der Waals surface area contributed by atoms with Gasteiger partial charge < -0.3 is 9.64 Å². The molecule has 0 aliphatic carbocycles. The van der Waals surface area contributed by atoms with E-state index in [1.165, 1.54) is 37.6 Å². The second-order valence-corrected chi connectivity index (χ2v) is 6.51. The number of anilines is 1. The van der Waals surface area contributed by atoms with Gasteiger partial charge in [0, 0.05) is 30.6 Å². The fourth-order valence-electron chi connectivity index (χ4n) is 3.00. The monoisotopic (exact) mass is 430 g/mol. The van der Waals surface area contributed by atoms with Crippen LogP contribution in [0.25, 0.3) is 16.9 Å². The van der Waals surface area contributed by atoms with E-state index in [0.29, 0.717) is 16.9 Å². The largest absolute Gasteiger partial charge is 0.435 e. The van der Waals surface area contributed by atoms with Crippen molar-refractivity contribution in [1.29, 1.82) is 0 Å². The van der Waals surface area contributed by atoms with E-state index in [2.05, 4.69) is 14.7 Å². The molecule has 4 rings (SSSR count). The predicted octanol–water partition coefficient (Wildman–Crippen LogP) is 4.55. The van der Waals surface area contributed by atoms with Crippen LogP contribution in [0.1, 0.15) is 10.5 Å². The molecule has 0 saturated heterocycles. The average Bonchev–Trinajstić information content (AvgIpc) is 3.18. The summed E-state index contributed by atoms with van der Waals surface area (Å²) in [6.45, 7) is -2.92. The molecule has 0 spiro atoms. The van der Waals surface area contributed by atoms with Crippen LogP contribution in [0.3, 0.4) is 0 Å². The number of fused-ring (bicyclic) bond motifs is 1. The Balaban J connectivity index is 1.66. The third-order valence-corrected chi connectivity index (χ3v) is 4.59. The summed E-state index contributed by atoms with van der Waals surface area (Å²) in [6.07, 6.45) is 4.40. The minimum atomic E-state index is -2.92. The summed E-state index contributed by atoms with van der Waals surface area (Å²) in [5, 5.41) is 0. The van der Waals surface area contributed by atoms with E-state index in [1.54, 1.807) is 22.7 Å². The van der Waals surface area contributed by atoms with E-state index in [1.807, 2.05) is 0 Å². The summed E-state index contributed by atoms with van der Waals surface area (Å²) < 4.78 is 57.3. The normalized spacial score (nSPS) is 11.2. The van der Waals surface area contributed by atoms with Crippen molar-refractivity contribution in [1.82, 2.24) is 14.4 Å². The molecule has 158 valence electrons. The molecule has 0 aliphatic heterocycles. The molecule has 6 nitrogen and oxygen atoms in total. The second kappa shape index (κ2) is 8.05. The van der Waals surface area contributed by atoms with E-state index >= 15 is 0 Å². The van der Waals surface area contributed by atoms with Crippen LogP contribution in [0, 0.1) is 11.6 Å². The number of alkyl halides is 2. The first-order valence-electron chi connectivity index (χ1n) is 8.95. The van der Waals surface area contributed by atoms with Crippen LogP contribution in [0.2, 0.25) is 0 Å². The van der Waals surface area contributed by atoms with Crippen molar-refractivity contribution in [2.75, 3.05) is 11.9 Å². The van der Waals surface area contributed by atoms with Crippen molar-refractivity contribution in [3.8, 4) is 17.0 Å². The zero-order valence-corrected chi connectivity index (χ0v) is 16.0. The lowest BCUT2D eigenvalue weighted by molar-refractivity contribution is -0.0498. The summed E-state index contributed by atoms with van der Waals surface area (Å²) in [4.78, 5) is 22.3. The maximum absolute atomic E-state index is 13.5. The van der Waals surface area contributed by atoms with Gasteiger partial charge in [0.25, 0.3) is 5.91 Å². The maximum atomic E-state index is 13.5. The zero-order chi connectivity index (χ0) is 22.1. The van der Waals surface area contributed by atoms with Crippen LogP contribution < -0.4 is 9.64 Å². The number of hydrogen-bond acceptors (Lipinski definition) is 4. The van der Waals surface area contributed by atoms with Gasteiger partial charge in [-0.2, -0.15) is 8.78 Å². The Labute approximate surface area is 173 Å². The molecular weight excluding hydrogens is 416 g/mol. The summed E-state index contributed by atoms with van der Waals surface area (Å²) in [5.41, 5.74) is 1.89. The number of halogens is 4. The van der Waals surface area contributed by atoms with Crippen LogP contribution in [-0.2, 0) is 0 Å². The van der Waals surface area contributed by atoms with Gasteiger partial charge in [0.15, 0.2) is 17.3 Å². The van der Waals surface area contributed by atoms with Crippen LogP contribution in [0.4, 0.5) is 23.2 Å². The lowest BCUT2D eigenvalue weighted by Crippen LogP contribution is -2.27. The molecule has 0 saturated carbocycles. The minimum Gasteiger partial charge on any atom is -0.435 e. The summed E-state index contributed by atoms with van der Waals surface area (Å²) >= 11 is 0. The van der Waals surface area contributed by atoms with E-state index in [4.69, 9.17) is 0 Å². The van der Waals surface area contributed by atoms with Crippen molar-refractivity contribution < 1.29 is 27.1 Å². The number of benzene rings is 2. The molecule has 0 radical (unpaired) electrons. The number of amides is 1. The van der Waals surface area contributed by atoms with Crippen LogP contribution >= 0.6 is 0 Å². The van der Waals surface area contributed by atoms with Gasteiger partial charge >= 0.3 is 6.61 Å². The Morgan fingerprint density at radius 3 is 2.45 bits per heavy atom. The average molecular weight is 430 g/mol. The number of carbonyl (C=O) groups is 1. The van der Waals surface area contributed by atoms with Crippen molar-refractivity contribution in [2.24, 2.45) is 0 Å². The minimum absolute atomic E-state index is 0.0123. The van der Waals surface area contributed by atoms with Crippen LogP contribution in [-0.4, -0.2) is 33.9 Å². The fraction of sp³-hybridized carbons (Fsp3) is 0.0952. The Bertz CT molecular complexity index is 1260. The molecule has 4 aromatic rings. The van der Waals surface area contributed by atoms with E-state index < -0.39 is 24.2 Å². The number of ether oxygens (including phenoxy) is 1. The highest BCUT2D eigenvalue weighted by Gasteiger charge is 2.18. The maximum Gasteiger partial charge on any atom is 0.387 e. The van der Waals surface area contributed by atoms with Gasteiger partial charge in [0.2, 0.25) is 0 Å². The van der Waals surface area contributed by atoms with Gasteiger partial charge in [0.05, 0.1) is 18.1 Å². The molecule has 2 aromatic carbocycles. The number of aromatic nitrogens is 3. The van der Waals surface area contributed by atoms with E-state index in [0.717, 1.165) is 17.0 Å². The summed E-state index contributed by atoms with van der Waals surface area (Å²) in [7, 11) is 1.41. The van der Waals surface area contributed by atoms with Crippen LogP contribution in [0.5, 0.6) is 5.75 Å². The third-order valence-electron chi connectivity index (χ3n) is 4.59. The molecule has 0 fully saturated rings.